The largest absolute Gasteiger partial charge is 0.373 e. The average molecular weight is 463 g/mol. The van der Waals surface area contributed by atoms with Crippen molar-refractivity contribution in [3.63, 3.8) is 0 Å². The van der Waals surface area contributed by atoms with Crippen LogP contribution < -0.4 is 0 Å². The summed E-state index contributed by atoms with van der Waals surface area (Å²) in [7, 11) is 0. The number of aryl methyl sites for hydroxylation is 1. The molecule has 0 radical (unpaired) electrons. The van der Waals surface area contributed by atoms with Crippen molar-refractivity contribution in [1.82, 2.24) is 0 Å². The lowest BCUT2D eigenvalue weighted by Crippen LogP contribution is -2.41. The van der Waals surface area contributed by atoms with Gasteiger partial charge in [-0.05, 0) is 93.7 Å². The highest BCUT2D eigenvalue weighted by molar-refractivity contribution is 7.19. The number of halogens is 2. The Hall–Kier alpha value is -1.30. The lowest BCUT2D eigenvalue weighted by atomic mass is 9.84. The molecule has 1 aromatic heterocycles. The standard InChI is InChI=1S/C27H36F2O2S/c1-3-5-6-7-19-8-13-23(14-9-19)31-27(28,29)22-12-15-25(30-18-22)20-10-11-21-16-24(4-2)32-26(21)17-20/h3,5,10-11,16-17,19,22-23,25H,4,6-9,12-15,18H2,1-2H3/b5-3+. The number of alkyl halides is 2. The molecule has 2 nitrogen and oxygen atoms in total. The van der Waals surface area contributed by atoms with Crippen molar-refractivity contribution >= 4 is 21.4 Å². The van der Waals surface area contributed by atoms with Crippen LogP contribution in [0.3, 0.4) is 0 Å². The van der Waals surface area contributed by atoms with Crippen LogP contribution in [0.5, 0.6) is 0 Å². The van der Waals surface area contributed by atoms with Gasteiger partial charge in [-0.2, -0.15) is 8.78 Å². The molecule has 0 N–H and O–H groups in total. The van der Waals surface area contributed by atoms with Gasteiger partial charge in [-0.3, -0.25) is 0 Å². The van der Waals surface area contributed by atoms with Crippen LogP contribution >= 0.6 is 11.3 Å². The van der Waals surface area contributed by atoms with Crippen LogP contribution in [-0.4, -0.2) is 18.8 Å². The number of fused-ring (bicyclic) bond motifs is 1. The first-order valence-corrected chi connectivity index (χ1v) is 13.1. The van der Waals surface area contributed by atoms with Crippen LogP contribution in [0.4, 0.5) is 8.78 Å². The SMILES string of the molecule is C/C=C/CCC1CCC(OC(F)(F)C2CCC(c3ccc4cc(CC)sc4c3)OC2)CC1. The molecule has 2 aliphatic rings. The van der Waals surface area contributed by atoms with Gasteiger partial charge in [0.25, 0.3) is 0 Å². The minimum atomic E-state index is -3.11. The molecule has 176 valence electrons. The Morgan fingerprint density at radius 3 is 2.62 bits per heavy atom. The lowest BCUT2D eigenvalue weighted by molar-refractivity contribution is -0.311. The van der Waals surface area contributed by atoms with E-state index in [1.807, 2.05) is 6.92 Å². The summed E-state index contributed by atoms with van der Waals surface area (Å²) in [5.74, 6) is -0.212. The third kappa shape index (κ3) is 5.78. The molecule has 1 aliphatic heterocycles. The van der Waals surface area contributed by atoms with Gasteiger partial charge in [-0.15, -0.1) is 11.3 Å². The first kappa shape index (κ1) is 23.8. The average Bonchev–Trinajstić information content (AvgIpc) is 3.23. The third-order valence-electron chi connectivity index (χ3n) is 7.16. The van der Waals surface area contributed by atoms with E-state index in [0.717, 1.165) is 50.5 Å². The predicted octanol–water partition coefficient (Wildman–Crippen LogP) is 8.46. The molecule has 0 bridgehead atoms. The second-order valence-corrected chi connectivity index (χ2v) is 10.6. The normalized spacial score (nSPS) is 27.4. The predicted molar refractivity (Wildman–Crippen MR) is 128 cm³/mol. The van der Waals surface area contributed by atoms with Crippen molar-refractivity contribution in [2.24, 2.45) is 11.8 Å². The number of benzene rings is 1. The molecular weight excluding hydrogens is 426 g/mol. The number of rotatable bonds is 8. The van der Waals surface area contributed by atoms with Gasteiger partial charge in [0.05, 0.1) is 24.7 Å². The molecule has 32 heavy (non-hydrogen) atoms. The summed E-state index contributed by atoms with van der Waals surface area (Å²) in [6, 6.07) is 8.62. The monoisotopic (exact) mass is 462 g/mol. The smallest absolute Gasteiger partial charge is 0.361 e. The first-order chi connectivity index (χ1) is 15.5. The Bertz CT molecular complexity index is 890. The van der Waals surface area contributed by atoms with Crippen molar-refractivity contribution in [3.8, 4) is 0 Å². The molecule has 1 saturated carbocycles. The van der Waals surface area contributed by atoms with E-state index >= 15 is 0 Å². The van der Waals surface area contributed by atoms with E-state index in [1.54, 1.807) is 11.3 Å². The summed E-state index contributed by atoms with van der Waals surface area (Å²) in [5, 5.41) is 1.25. The fraction of sp³-hybridized carbons (Fsp3) is 0.630. The van der Waals surface area contributed by atoms with Crippen LogP contribution in [-0.2, 0) is 15.9 Å². The van der Waals surface area contributed by atoms with E-state index in [9.17, 15) is 8.78 Å². The minimum absolute atomic E-state index is 0.0546. The molecule has 1 aliphatic carbocycles. The second-order valence-electron chi connectivity index (χ2n) is 9.43. The molecule has 2 atom stereocenters. The zero-order chi connectivity index (χ0) is 22.6. The van der Waals surface area contributed by atoms with E-state index in [2.05, 4.69) is 43.3 Å². The van der Waals surface area contributed by atoms with Gasteiger partial charge in [0, 0.05) is 9.58 Å². The fourth-order valence-corrected chi connectivity index (χ4v) is 6.16. The summed E-state index contributed by atoms with van der Waals surface area (Å²) in [6.07, 6.45) is 8.51. The summed E-state index contributed by atoms with van der Waals surface area (Å²) in [4.78, 5) is 1.37. The van der Waals surface area contributed by atoms with Gasteiger partial charge < -0.3 is 9.47 Å². The van der Waals surface area contributed by atoms with E-state index in [4.69, 9.17) is 9.47 Å². The topological polar surface area (TPSA) is 18.5 Å². The minimum Gasteiger partial charge on any atom is -0.373 e. The highest BCUT2D eigenvalue weighted by atomic mass is 32.1. The van der Waals surface area contributed by atoms with Gasteiger partial charge in [0.15, 0.2) is 0 Å². The third-order valence-corrected chi connectivity index (χ3v) is 8.40. The number of allylic oxidation sites excluding steroid dienone is 2. The van der Waals surface area contributed by atoms with E-state index in [-0.39, 0.29) is 18.8 Å². The Morgan fingerprint density at radius 1 is 1.12 bits per heavy atom. The van der Waals surface area contributed by atoms with Crippen molar-refractivity contribution in [2.45, 2.75) is 90.0 Å². The molecule has 1 saturated heterocycles. The van der Waals surface area contributed by atoms with Gasteiger partial charge >= 0.3 is 6.11 Å². The Balaban J connectivity index is 1.27. The van der Waals surface area contributed by atoms with Gasteiger partial charge in [-0.1, -0.05) is 31.2 Å². The Morgan fingerprint density at radius 2 is 1.94 bits per heavy atom. The van der Waals surface area contributed by atoms with Crippen molar-refractivity contribution in [2.75, 3.05) is 6.61 Å². The molecule has 0 amide bonds. The lowest BCUT2D eigenvalue weighted by Gasteiger charge is -2.37. The van der Waals surface area contributed by atoms with Gasteiger partial charge in [0.2, 0.25) is 0 Å². The number of hydrogen-bond acceptors (Lipinski definition) is 3. The maximum Gasteiger partial charge on any atom is 0.361 e. The van der Waals surface area contributed by atoms with Crippen LogP contribution in [0, 0.1) is 11.8 Å². The molecule has 2 unspecified atom stereocenters. The highest BCUT2D eigenvalue weighted by Crippen LogP contribution is 2.42. The van der Waals surface area contributed by atoms with Crippen LogP contribution in [0.1, 0.15) is 81.8 Å². The molecule has 1 aromatic carbocycles. The zero-order valence-electron chi connectivity index (χ0n) is 19.3. The molecule has 0 spiro atoms. The second kappa shape index (κ2) is 10.8. The maximum atomic E-state index is 14.9. The van der Waals surface area contributed by atoms with E-state index in [0.29, 0.717) is 18.8 Å². The Kier molecular flexibility index (Phi) is 8.01. The summed E-state index contributed by atoms with van der Waals surface area (Å²) in [5.41, 5.74) is 1.10. The highest BCUT2D eigenvalue weighted by Gasteiger charge is 2.45. The van der Waals surface area contributed by atoms with E-state index in [1.165, 1.54) is 15.0 Å². The van der Waals surface area contributed by atoms with Crippen LogP contribution in [0.25, 0.3) is 10.1 Å². The summed E-state index contributed by atoms with van der Waals surface area (Å²) < 4.78 is 42.4. The van der Waals surface area contributed by atoms with Crippen molar-refractivity contribution < 1.29 is 18.3 Å². The Labute approximate surface area is 195 Å². The van der Waals surface area contributed by atoms with Crippen molar-refractivity contribution in [1.29, 1.82) is 0 Å². The maximum absolute atomic E-state index is 14.9. The summed E-state index contributed by atoms with van der Waals surface area (Å²) >= 11 is 1.81. The first-order valence-electron chi connectivity index (χ1n) is 12.3. The van der Waals surface area contributed by atoms with Gasteiger partial charge in [-0.25, -0.2) is 0 Å². The number of hydrogen-bond donors (Lipinski definition) is 0. The fourth-order valence-electron chi connectivity index (χ4n) is 5.11. The number of ether oxygens (including phenoxy) is 2. The molecule has 5 heteroatoms. The molecule has 2 aromatic rings. The van der Waals surface area contributed by atoms with Gasteiger partial charge in [0.1, 0.15) is 0 Å². The quantitative estimate of drug-likeness (QED) is 0.366. The molecule has 2 heterocycles. The van der Waals surface area contributed by atoms with Crippen LogP contribution in [0.15, 0.2) is 36.4 Å². The van der Waals surface area contributed by atoms with E-state index < -0.39 is 12.0 Å². The number of thiophene rings is 1. The molecule has 4 rings (SSSR count). The summed E-state index contributed by atoms with van der Waals surface area (Å²) in [6.45, 7) is 4.25. The molecule has 2 fully saturated rings. The van der Waals surface area contributed by atoms with Crippen molar-refractivity contribution in [3.05, 3.63) is 46.9 Å². The zero-order valence-corrected chi connectivity index (χ0v) is 20.1. The van der Waals surface area contributed by atoms with Crippen LogP contribution in [0.2, 0.25) is 0 Å². The molecular formula is C27H36F2O2S.